The second-order valence-electron chi connectivity index (χ2n) is 9.48. The molecule has 40 heavy (non-hydrogen) atoms. The lowest BCUT2D eigenvalue weighted by atomic mass is 10.2. The summed E-state index contributed by atoms with van der Waals surface area (Å²) < 4.78 is 58.6. The monoisotopic (exact) mass is 599 g/mol. The van der Waals surface area contributed by atoms with Crippen molar-refractivity contribution in [3.8, 4) is 0 Å². The summed E-state index contributed by atoms with van der Waals surface area (Å²) in [6.07, 6.45) is 2.68. The third-order valence-electron chi connectivity index (χ3n) is 6.68. The summed E-state index contributed by atoms with van der Waals surface area (Å²) in [4.78, 5) is 20.2. The molecule has 1 unspecified atom stereocenters. The topological polar surface area (TPSA) is 114 Å². The maximum absolute atomic E-state index is 13.8. The van der Waals surface area contributed by atoms with Gasteiger partial charge in [-0.1, -0.05) is 29.5 Å². The van der Waals surface area contributed by atoms with Crippen molar-refractivity contribution < 1.29 is 26.4 Å². The summed E-state index contributed by atoms with van der Waals surface area (Å²) in [6.45, 7) is 2.91. The Kier molecular flexibility index (Phi) is 7.96. The van der Waals surface area contributed by atoms with Crippen molar-refractivity contribution in [3.05, 3.63) is 78.4 Å². The fourth-order valence-corrected chi connectivity index (χ4v) is 7.82. The first-order valence-electron chi connectivity index (χ1n) is 12.8. The van der Waals surface area contributed by atoms with E-state index in [1.54, 1.807) is 43.3 Å². The maximum Gasteiger partial charge on any atom is 0.264 e. The zero-order valence-corrected chi connectivity index (χ0v) is 24.5. The minimum absolute atomic E-state index is 0.0775. The molecule has 1 amide bonds. The average Bonchev–Trinajstić information content (AvgIpc) is 3.61. The lowest BCUT2D eigenvalue weighted by molar-refractivity contribution is 0.0917. The van der Waals surface area contributed by atoms with Crippen LogP contribution in [-0.2, 0) is 24.6 Å². The van der Waals surface area contributed by atoms with Crippen molar-refractivity contribution in [1.82, 2.24) is 4.98 Å². The lowest BCUT2D eigenvalue weighted by Gasteiger charge is -2.24. The van der Waals surface area contributed by atoms with E-state index in [2.05, 4.69) is 4.98 Å². The molecular weight excluding hydrogens is 571 g/mol. The van der Waals surface area contributed by atoms with Crippen LogP contribution < -0.4 is 9.21 Å². The fraction of sp³-hybridized carbons (Fsp3) is 0.286. The summed E-state index contributed by atoms with van der Waals surface area (Å²) in [7, 11) is -7.24. The number of carbonyl (C=O) groups is 1. The Morgan fingerprint density at radius 1 is 1.00 bits per heavy atom. The Morgan fingerprint density at radius 3 is 2.33 bits per heavy atom. The molecule has 0 bridgehead atoms. The zero-order chi connectivity index (χ0) is 28.5. The molecule has 0 spiro atoms. The minimum Gasteiger partial charge on any atom is -0.376 e. The highest BCUT2D eigenvalue weighted by Crippen LogP contribution is 2.33. The lowest BCUT2D eigenvalue weighted by Crippen LogP contribution is -2.37. The Bertz CT molecular complexity index is 1730. The van der Waals surface area contributed by atoms with Crippen LogP contribution in [-0.4, -0.2) is 59.8 Å². The van der Waals surface area contributed by atoms with E-state index in [-0.39, 0.29) is 34.9 Å². The number of hydrogen-bond donors (Lipinski definition) is 0. The number of amides is 1. The highest BCUT2D eigenvalue weighted by Gasteiger charge is 2.29. The number of para-hydroxylation sites is 1. The molecule has 3 aromatic carbocycles. The summed E-state index contributed by atoms with van der Waals surface area (Å²) in [5.41, 5.74) is 1.44. The number of rotatable bonds is 9. The third-order valence-corrected chi connectivity index (χ3v) is 10.8. The van der Waals surface area contributed by atoms with Crippen molar-refractivity contribution in [2.75, 3.05) is 35.2 Å². The molecule has 9 nitrogen and oxygen atoms in total. The Balaban J connectivity index is 1.47. The molecule has 1 aliphatic heterocycles. The van der Waals surface area contributed by atoms with Crippen molar-refractivity contribution in [2.24, 2.45) is 0 Å². The summed E-state index contributed by atoms with van der Waals surface area (Å²) in [5.74, 6) is -0.350. The summed E-state index contributed by atoms with van der Waals surface area (Å²) in [5, 5.41) is 0.416. The SMILES string of the molecule is CCN(c1ccccc1)S(=O)(=O)c1ccc(C(=O)N(CC2CCCO2)c2nc3ccc(S(C)(=O)=O)cc3s2)cc1. The molecule has 0 N–H and O–H groups in total. The standard InChI is InChI=1S/C28H29N3O6S3/c1-3-31(21-8-5-4-6-9-21)40(35,36)23-13-11-20(12-14-23)27(32)30(19-22-10-7-17-37-22)28-29-25-16-15-24(39(2,33)34)18-26(25)38-28/h4-6,8-9,11-16,18,22H,3,7,10,17,19H2,1-2H3. The second-order valence-corrected chi connectivity index (χ2v) is 14.4. The van der Waals surface area contributed by atoms with Crippen LogP contribution in [0.25, 0.3) is 10.2 Å². The highest BCUT2D eigenvalue weighted by atomic mass is 32.2. The number of hydrogen-bond acceptors (Lipinski definition) is 8. The van der Waals surface area contributed by atoms with Gasteiger partial charge in [0.05, 0.1) is 38.3 Å². The van der Waals surface area contributed by atoms with Gasteiger partial charge in [-0.05, 0) is 74.4 Å². The van der Waals surface area contributed by atoms with Gasteiger partial charge in [-0.3, -0.25) is 14.0 Å². The number of anilines is 2. The average molecular weight is 600 g/mol. The van der Waals surface area contributed by atoms with Gasteiger partial charge in [0, 0.05) is 25.0 Å². The molecule has 1 aliphatic rings. The number of sulfone groups is 1. The van der Waals surface area contributed by atoms with Crippen molar-refractivity contribution in [3.63, 3.8) is 0 Å². The van der Waals surface area contributed by atoms with Gasteiger partial charge in [-0.25, -0.2) is 21.8 Å². The molecule has 12 heteroatoms. The van der Waals surface area contributed by atoms with E-state index in [9.17, 15) is 21.6 Å². The molecule has 5 rings (SSSR count). The molecule has 0 saturated carbocycles. The van der Waals surface area contributed by atoms with Crippen LogP contribution in [0.5, 0.6) is 0 Å². The van der Waals surface area contributed by atoms with Gasteiger partial charge < -0.3 is 4.74 Å². The van der Waals surface area contributed by atoms with Crippen LogP contribution in [0, 0.1) is 0 Å². The molecule has 0 aliphatic carbocycles. The molecule has 1 fully saturated rings. The maximum atomic E-state index is 13.8. The van der Waals surface area contributed by atoms with Crippen LogP contribution >= 0.6 is 11.3 Å². The number of ether oxygens (including phenoxy) is 1. The van der Waals surface area contributed by atoms with E-state index < -0.39 is 19.9 Å². The van der Waals surface area contributed by atoms with Crippen molar-refractivity contribution >= 4 is 58.1 Å². The quantitative estimate of drug-likeness (QED) is 0.273. The van der Waals surface area contributed by atoms with Crippen LogP contribution in [0.15, 0.2) is 82.6 Å². The van der Waals surface area contributed by atoms with Gasteiger partial charge in [0.2, 0.25) is 0 Å². The van der Waals surface area contributed by atoms with Crippen LogP contribution in [0.3, 0.4) is 0 Å². The molecule has 4 aromatic rings. The van der Waals surface area contributed by atoms with Crippen LogP contribution in [0.2, 0.25) is 0 Å². The first-order valence-corrected chi connectivity index (χ1v) is 16.9. The molecule has 1 aromatic heterocycles. The predicted molar refractivity (Wildman–Crippen MR) is 156 cm³/mol. The number of fused-ring (bicyclic) bond motifs is 1. The summed E-state index contributed by atoms with van der Waals surface area (Å²) in [6, 6.07) is 19.4. The molecular formula is C28H29N3O6S3. The van der Waals surface area contributed by atoms with E-state index in [4.69, 9.17) is 4.74 Å². The van der Waals surface area contributed by atoms with E-state index in [0.29, 0.717) is 33.2 Å². The minimum atomic E-state index is -3.84. The number of thiazole rings is 1. The van der Waals surface area contributed by atoms with Crippen molar-refractivity contribution in [1.29, 1.82) is 0 Å². The summed E-state index contributed by atoms with van der Waals surface area (Å²) >= 11 is 1.23. The second kappa shape index (κ2) is 11.3. The van der Waals surface area contributed by atoms with E-state index in [1.165, 1.54) is 50.9 Å². The Morgan fingerprint density at radius 2 is 1.70 bits per heavy atom. The number of benzene rings is 3. The van der Waals surface area contributed by atoms with Crippen LogP contribution in [0.4, 0.5) is 10.8 Å². The molecule has 0 radical (unpaired) electrons. The molecule has 210 valence electrons. The smallest absolute Gasteiger partial charge is 0.264 e. The number of aromatic nitrogens is 1. The van der Waals surface area contributed by atoms with E-state index >= 15 is 0 Å². The van der Waals surface area contributed by atoms with E-state index in [1.807, 2.05) is 6.07 Å². The van der Waals surface area contributed by atoms with Gasteiger partial charge in [0.15, 0.2) is 15.0 Å². The van der Waals surface area contributed by atoms with Gasteiger partial charge in [-0.2, -0.15) is 0 Å². The highest BCUT2D eigenvalue weighted by molar-refractivity contribution is 7.92. The fourth-order valence-electron chi connectivity index (χ4n) is 4.62. The van der Waals surface area contributed by atoms with Crippen molar-refractivity contribution in [2.45, 2.75) is 35.7 Å². The molecule has 1 atom stereocenters. The predicted octanol–water partition coefficient (Wildman–Crippen LogP) is 4.74. The van der Waals surface area contributed by atoms with Gasteiger partial charge in [-0.15, -0.1) is 0 Å². The van der Waals surface area contributed by atoms with Gasteiger partial charge in [0.25, 0.3) is 15.9 Å². The Labute approximate surface area is 238 Å². The van der Waals surface area contributed by atoms with Gasteiger partial charge >= 0.3 is 0 Å². The molecule has 1 saturated heterocycles. The first kappa shape index (κ1) is 28.2. The first-order chi connectivity index (χ1) is 19.1. The zero-order valence-electron chi connectivity index (χ0n) is 22.1. The largest absolute Gasteiger partial charge is 0.376 e. The molecule has 2 heterocycles. The normalized spacial score (nSPS) is 15.8. The number of sulfonamides is 1. The number of nitrogens with zero attached hydrogens (tertiary/aromatic N) is 3. The number of carbonyl (C=O) groups excluding carboxylic acids is 1. The Hall–Kier alpha value is -3.32. The van der Waals surface area contributed by atoms with Crippen LogP contribution in [0.1, 0.15) is 30.1 Å². The third kappa shape index (κ3) is 5.75. The van der Waals surface area contributed by atoms with Gasteiger partial charge in [0.1, 0.15) is 0 Å². The van der Waals surface area contributed by atoms with E-state index in [0.717, 1.165) is 19.1 Å².